The second-order valence-corrected chi connectivity index (χ2v) is 5.99. The zero-order valence-corrected chi connectivity index (χ0v) is 11.4. The molecule has 2 aromatic rings. The van der Waals surface area contributed by atoms with Crippen molar-refractivity contribution in [3.8, 4) is 0 Å². The van der Waals surface area contributed by atoms with Crippen LogP contribution in [0.4, 0.5) is 10.1 Å². The fourth-order valence-corrected chi connectivity index (χ4v) is 3.48. The Bertz CT molecular complexity index is 702. The third-order valence-electron chi connectivity index (χ3n) is 3.25. The molecule has 0 bridgehead atoms. The highest BCUT2D eigenvalue weighted by molar-refractivity contribution is 7.85. The van der Waals surface area contributed by atoms with Crippen LogP contribution in [0.25, 0.3) is 0 Å². The Morgan fingerprint density at radius 2 is 1.80 bits per heavy atom. The van der Waals surface area contributed by atoms with Gasteiger partial charge in [0.15, 0.2) is 0 Å². The predicted octanol–water partition coefficient (Wildman–Crippen LogP) is 2.59. The zero-order valence-electron chi connectivity index (χ0n) is 10.6. The van der Waals surface area contributed by atoms with E-state index < -0.39 is 22.5 Å². The number of hydrogen-bond donors (Lipinski definition) is 0. The number of carbonyl (C=O) groups is 1. The maximum atomic E-state index is 13.7. The summed E-state index contributed by atoms with van der Waals surface area (Å²) in [6.07, 6.45) is 0. The number of carbonyl (C=O) groups excluding carboxylic acids is 1. The van der Waals surface area contributed by atoms with Gasteiger partial charge in [0.1, 0.15) is 5.82 Å². The number of nitrogens with zero attached hydrogens (tertiary/aromatic N) is 1. The van der Waals surface area contributed by atoms with E-state index in [1.165, 1.54) is 17.0 Å². The van der Waals surface area contributed by atoms with E-state index in [0.29, 0.717) is 22.9 Å². The van der Waals surface area contributed by atoms with Crippen LogP contribution in [0.15, 0.2) is 53.4 Å². The highest BCUT2D eigenvalue weighted by Gasteiger charge is 2.28. The molecule has 3 nitrogen and oxygen atoms in total. The van der Waals surface area contributed by atoms with Gasteiger partial charge in [-0.05, 0) is 24.3 Å². The summed E-state index contributed by atoms with van der Waals surface area (Å²) in [5.74, 6) is -0.564. The molecule has 2 aromatic carbocycles. The minimum absolute atomic E-state index is 0.0370. The molecular weight excluding hydrogens is 277 g/mol. The van der Waals surface area contributed by atoms with E-state index in [2.05, 4.69) is 0 Å². The molecule has 0 aromatic heterocycles. The molecule has 1 aliphatic rings. The van der Waals surface area contributed by atoms with E-state index in [0.717, 1.165) is 0 Å². The molecular formula is C15H12FNO2S. The van der Waals surface area contributed by atoms with E-state index in [1.54, 1.807) is 36.4 Å². The molecule has 5 heteroatoms. The van der Waals surface area contributed by atoms with Crippen molar-refractivity contribution in [2.75, 3.05) is 17.2 Å². The van der Waals surface area contributed by atoms with Crippen LogP contribution >= 0.6 is 0 Å². The predicted molar refractivity (Wildman–Crippen MR) is 75.8 cm³/mol. The maximum absolute atomic E-state index is 13.7. The van der Waals surface area contributed by atoms with Gasteiger partial charge in [-0.25, -0.2) is 4.39 Å². The van der Waals surface area contributed by atoms with Crippen LogP contribution in [0.1, 0.15) is 10.4 Å². The van der Waals surface area contributed by atoms with Crippen molar-refractivity contribution in [2.24, 2.45) is 0 Å². The van der Waals surface area contributed by atoms with Crippen LogP contribution in [0.3, 0.4) is 0 Å². The molecule has 0 saturated heterocycles. The SMILES string of the molecule is O=C(c1ccccc1F)N1CCS(=O)c2ccccc21. The molecule has 1 aliphatic heterocycles. The van der Waals surface area contributed by atoms with E-state index in [1.807, 2.05) is 0 Å². The first-order chi connectivity index (χ1) is 9.68. The van der Waals surface area contributed by atoms with Crippen LogP contribution in [0.5, 0.6) is 0 Å². The largest absolute Gasteiger partial charge is 0.306 e. The summed E-state index contributed by atoms with van der Waals surface area (Å²) in [6, 6.07) is 13.0. The van der Waals surface area contributed by atoms with E-state index in [4.69, 9.17) is 0 Å². The summed E-state index contributed by atoms with van der Waals surface area (Å²) < 4.78 is 25.7. The van der Waals surface area contributed by atoms with Gasteiger partial charge in [-0.15, -0.1) is 0 Å². The number of hydrogen-bond acceptors (Lipinski definition) is 2. The molecule has 20 heavy (non-hydrogen) atoms. The molecule has 0 aliphatic carbocycles. The number of rotatable bonds is 1. The Kier molecular flexibility index (Phi) is 3.36. The monoisotopic (exact) mass is 289 g/mol. The number of fused-ring (bicyclic) bond motifs is 1. The molecule has 1 amide bonds. The molecule has 1 atom stereocenters. The number of amides is 1. The van der Waals surface area contributed by atoms with Crippen LogP contribution in [-0.4, -0.2) is 22.4 Å². The number of benzene rings is 2. The summed E-state index contributed by atoms with van der Waals surface area (Å²) >= 11 is 0. The smallest absolute Gasteiger partial charge is 0.261 e. The molecule has 0 spiro atoms. The number of halogens is 1. The van der Waals surface area contributed by atoms with Crippen LogP contribution in [-0.2, 0) is 10.8 Å². The lowest BCUT2D eigenvalue weighted by atomic mass is 10.1. The number of anilines is 1. The fourth-order valence-electron chi connectivity index (χ4n) is 2.27. The molecule has 1 heterocycles. The second-order valence-electron chi connectivity index (χ2n) is 4.45. The first kappa shape index (κ1) is 13.0. The highest BCUT2D eigenvalue weighted by Crippen LogP contribution is 2.29. The molecule has 102 valence electrons. The quantitative estimate of drug-likeness (QED) is 0.809. The van der Waals surface area contributed by atoms with Gasteiger partial charge < -0.3 is 4.90 Å². The van der Waals surface area contributed by atoms with Crippen molar-refractivity contribution in [1.82, 2.24) is 0 Å². The van der Waals surface area contributed by atoms with Crippen molar-refractivity contribution < 1.29 is 13.4 Å². The first-order valence-electron chi connectivity index (χ1n) is 6.22. The molecule has 1 unspecified atom stereocenters. The van der Waals surface area contributed by atoms with Gasteiger partial charge in [0.2, 0.25) is 0 Å². The number of para-hydroxylation sites is 1. The molecule has 0 radical (unpaired) electrons. The second kappa shape index (κ2) is 5.17. The van der Waals surface area contributed by atoms with Crippen molar-refractivity contribution in [2.45, 2.75) is 4.90 Å². The third kappa shape index (κ3) is 2.14. The Morgan fingerprint density at radius 1 is 1.10 bits per heavy atom. The first-order valence-corrected chi connectivity index (χ1v) is 7.54. The average molecular weight is 289 g/mol. The fraction of sp³-hybridized carbons (Fsp3) is 0.133. The lowest BCUT2D eigenvalue weighted by molar-refractivity contribution is 0.0984. The maximum Gasteiger partial charge on any atom is 0.261 e. The van der Waals surface area contributed by atoms with Crippen LogP contribution in [0, 0.1) is 5.82 Å². The van der Waals surface area contributed by atoms with E-state index >= 15 is 0 Å². The normalized spacial score (nSPS) is 17.6. The van der Waals surface area contributed by atoms with Gasteiger partial charge >= 0.3 is 0 Å². The lowest BCUT2D eigenvalue weighted by Gasteiger charge is -2.29. The van der Waals surface area contributed by atoms with Gasteiger partial charge in [0.05, 0.1) is 26.9 Å². The van der Waals surface area contributed by atoms with Crippen molar-refractivity contribution in [1.29, 1.82) is 0 Å². The van der Waals surface area contributed by atoms with Crippen molar-refractivity contribution in [3.05, 3.63) is 59.9 Å². The van der Waals surface area contributed by atoms with Gasteiger partial charge in [-0.1, -0.05) is 24.3 Å². The summed E-state index contributed by atoms with van der Waals surface area (Å²) in [7, 11) is -1.10. The lowest BCUT2D eigenvalue weighted by Crippen LogP contribution is -2.38. The topological polar surface area (TPSA) is 37.4 Å². The minimum Gasteiger partial charge on any atom is -0.306 e. The minimum atomic E-state index is -1.10. The van der Waals surface area contributed by atoms with Gasteiger partial charge in [-0.2, -0.15) is 0 Å². The van der Waals surface area contributed by atoms with E-state index in [9.17, 15) is 13.4 Å². The summed E-state index contributed by atoms with van der Waals surface area (Å²) in [6.45, 7) is 0.330. The average Bonchev–Trinajstić information content (AvgIpc) is 2.48. The van der Waals surface area contributed by atoms with Crippen LogP contribution < -0.4 is 4.90 Å². The zero-order chi connectivity index (χ0) is 14.1. The summed E-state index contributed by atoms with van der Waals surface area (Å²) in [5, 5.41) is 0. The Hall–Kier alpha value is -2.01. The highest BCUT2D eigenvalue weighted by atomic mass is 32.2. The molecule has 0 fully saturated rings. The van der Waals surface area contributed by atoms with Crippen molar-refractivity contribution >= 4 is 22.4 Å². The Labute approximate surface area is 118 Å². The summed E-state index contributed by atoms with van der Waals surface area (Å²) in [5.41, 5.74) is 0.639. The van der Waals surface area contributed by atoms with Gasteiger partial charge in [0, 0.05) is 12.3 Å². The van der Waals surface area contributed by atoms with Gasteiger partial charge in [0.25, 0.3) is 5.91 Å². The molecule has 3 rings (SSSR count). The third-order valence-corrected chi connectivity index (χ3v) is 4.64. The Morgan fingerprint density at radius 3 is 2.60 bits per heavy atom. The Balaban J connectivity index is 2.04. The molecule has 0 saturated carbocycles. The molecule has 0 N–H and O–H groups in total. The van der Waals surface area contributed by atoms with Crippen LogP contribution in [0.2, 0.25) is 0 Å². The van der Waals surface area contributed by atoms with Gasteiger partial charge in [-0.3, -0.25) is 9.00 Å². The van der Waals surface area contributed by atoms with E-state index in [-0.39, 0.29) is 5.56 Å². The van der Waals surface area contributed by atoms with Crippen molar-refractivity contribution in [3.63, 3.8) is 0 Å². The standard InChI is InChI=1S/C15H12FNO2S/c16-12-6-2-1-5-11(12)15(18)17-9-10-20(19)14-8-4-3-7-13(14)17/h1-8H,9-10H2. The summed E-state index contributed by atoms with van der Waals surface area (Å²) in [4.78, 5) is 14.6.